The molecule has 2 aromatic heterocycles. The van der Waals surface area contributed by atoms with Crippen molar-refractivity contribution in [2.45, 2.75) is 56.7 Å². The molecule has 7 nitrogen and oxygen atoms in total. The van der Waals surface area contributed by atoms with Gasteiger partial charge in [-0.3, -0.25) is 4.79 Å². The number of rotatable bonds is 5. The molecule has 2 heterocycles. The summed E-state index contributed by atoms with van der Waals surface area (Å²) in [5, 5.41) is 7.91. The van der Waals surface area contributed by atoms with Crippen molar-refractivity contribution in [1.29, 1.82) is 0 Å². The topological polar surface area (TPSA) is 93.4 Å². The first kappa shape index (κ1) is 17.3. The number of aryl methyl sites for hydroxylation is 1. The summed E-state index contributed by atoms with van der Waals surface area (Å²) in [6.45, 7) is 2.05. The fourth-order valence-corrected chi connectivity index (χ4v) is 5.22. The summed E-state index contributed by atoms with van der Waals surface area (Å²) in [6, 6.07) is 1.59. The van der Waals surface area contributed by atoms with Gasteiger partial charge in [-0.15, -0.1) is 5.10 Å². The molecule has 1 N–H and O–H groups in total. The lowest BCUT2D eigenvalue weighted by atomic mass is 9.95. The van der Waals surface area contributed by atoms with Crippen molar-refractivity contribution in [1.82, 2.24) is 14.6 Å². The molecule has 3 rings (SSSR count). The molecule has 0 aliphatic heterocycles. The van der Waals surface area contributed by atoms with Crippen LogP contribution >= 0.6 is 11.3 Å². The van der Waals surface area contributed by atoms with Crippen LogP contribution in [-0.4, -0.2) is 40.6 Å². The van der Waals surface area contributed by atoms with Crippen molar-refractivity contribution in [2.75, 3.05) is 11.6 Å². The summed E-state index contributed by atoms with van der Waals surface area (Å²) in [4.78, 5) is 17.2. The second-order valence-corrected chi connectivity index (χ2v) is 9.68. The molecule has 24 heavy (non-hydrogen) atoms. The normalized spacial score (nSPS) is 21.9. The number of aromatic nitrogens is 3. The Kier molecular flexibility index (Phi) is 4.91. The standard InChI is InChI=1S/C15H22N4O3S2/c1-3-5-10-9-13(20)19-15(17-10)23-14(18-19)16-11-6-4-7-12(8-11)24(2,21)22/h9,11-12H,3-8H2,1-2H3,(H,16,18). The van der Waals surface area contributed by atoms with E-state index in [1.165, 1.54) is 28.2 Å². The molecule has 1 aliphatic rings. The van der Waals surface area contributed by atoms with Crippen LogP contribution in [0.1, 0.15) is 44.7 Å². The van der Waals surface area contributed by atoms with E-state index in [1.807, 2.05) is 6.92 Å². The lowest BCUT2D eigenvalue weighted by Crippen LogP contribution is -2.34. The first-order valence-corrected chi connectivity index (χ1v) is 11.0. The van der Waals surface area contributed by atoms with Gasteiger partial charge in [-0.2, -0.15) is 4.52 Å². The largest absolute Gasteiger partial charge is 0.357 e. The monoisotopic (exact) mass is 370 g/mol. The number of hydrogen-bond donors (Lipinski definition) is 1. The highest BCUT2D eigenvalue weighted by atomic mass is 32.2. The van der Waals surface area contributed by atoms with Gasteiger partial charge < -0.3 is 5.32 Å². The van der Waals surface area contributed by atoms with Crippen LogP contribution in [0.4, 0.5) is 5.13 Å². The third-order valence-corrected chi connectivity index (χ3v) is 6.84. The number of nitrogens with one attached hydrogen (secondary N) is 1. The number of hydrogen-bond acceptors (Lipinski definition) is 7. The molecule has 0 radical (unpaired) electrons. The van der Waals surface area contributed by atoms with Crippen LogP contribution in [0.25, 0.3) is 4.96 Å². The van der Waals surface area contributed by atoms with Gasteiger partial charge in [-0.05, 0) is 25.7 Å². The second kappa shape index (κ2) is 6.79. The van der Waals surface area contributed by atoms with Crippen molar-refractivity contribution in [3.05, 3.63) is 22.1 Å². The second-order valence-electron chi connectivity index (χ2n) is 6.40. The van der Waals surface area contributed by atoms with E-state index >= 15 is 0 Å². The molecular weight excluding hydrogens is 348 g/mol. The summed E-state index contributed by atoms with van der Waals surface area (Å²) in [5.74, 6) is 0. The maximum Gasteiger partial charge on any atom is 0.275 e. The molecule has 0 saturated heterocycles. The van der Waals surface area contributed by atoms with E-state index in [4.69, 9.17) is 0 Å². The summed E-state index contributed by atoms with van der Waals surface area (Å²) in [6.07, 6.45) is 6.09. The van der Waals surface area contributed by atoms with Crippen LogP contribution in [0, 0.1) is 0 Å². The number of sulfone groups is 1. The average molecular weight is 371 g/mol. The predicted molar refractivity (Wildman–Crippen MR) is 95.6 cm³/mol. The van der Waals surface area contributed by atoms with E-state index in [9.17, 15) is 13.2 Å². The van der Waals surface area contributed by atoms with Gasteiger partial charge in [-0.1, -0.05) is 31.1 Å². The molecule has 2 aromatic rings. The molecule has 132 valence electrons. The minimum atomic E-state index is -3.02. The van der Waals surface area contributed by atoms with E-state index < -0.39 is 9.84 Å². The zero-order valence-electron chi connectivity index (χ0n) is 13.9. The maximum atomic E-state index is 12.1. The lowest BCUT2D eigenvalue weighted by molar-refractivity contribution is 0.452. The summed E-state index contributed by atoms with van der Waals surface area (Å²) < 4.78 is 24.9. The van der Waals surface area contributed by atoms with Gasteiger partial charge in [0.2, 0.25) is 10.1 Å². The van der Waals surface area contributed by atoms with Crippen LogP contribution < -0.4 is 10.9 Å². The van der Waals surface area contributed by atoms with E-state index in [2.05, 4.69) is 15.4 Å². The van der Waals surface area contributed by atoms with Crippen LogP contribution in [0.15, 0.2) is 10.9 Å². The Morgan fingerprint density at radius 2 is 2.21 bits per heavy atom. The minimum absolute atomic E-state index is 0.0600. The van der Waals surface area contributed by atoms with Gasteiger partial charge in [0.15, 0.2) is 0 Å². The Labute approximate surface area is 145 Å². The van der Waals surface area contributed by atoms with Gasteiger partial charge in [0.1, 0.15) is 9.84 Å². The van der Waals surface area contributed by atoms with Gasteiger partial charge in [-0.25, -0.2) is 13.4 Å². The van der Waals surface area contributed by atoms with Crippen LogP contribution in [0.2, 0.25) is 0 Å². The Morgan fingerprint density at radius 3 is 2.92 bits per heavy atom. The van der Waals surface area contributed by atoms with Crippen LogP contribution in [0.3, 0.4) is 0 Å². The Balaban J connectivity index is 1.80. The van der Waals surface area contributed by atoms with Crippen molar-refractivity contribution in [3.8, 4) is 0 Å². The van der Waals surface area contributed by atoms with Crippen molar-refractivity contribution < 1.29 is 8.42 Å². The maximum absolute atomic E-state index is 12.1. The molecule has 2 atom stereocenters. The zero-order chi connectivity index (χ0) is 17.3. The third kappa shape index (κ3) is 3.77. The van der Waals surface area contributed by atoms with Crippen molar-refractivity contribution in [2.24, 2.45) is 0 Å². The quantitative estimate of drug-likeness (QED) is 0.864. The molecule has 0 aromatic carbocycles. The lowest BCUT2D eigenvalue weighted by Gasteiger charge is -2.28. The predicted octanol–water partition coefficient (Wildman–Crippen LogP) is 1.87. The highest BCUT2D eigenvalue weighted by Gasteiger charge is 2.29. The fourth-order valence-electron chi connectivity index (χ4n) is 3.14. The zero-order valence-corrected chi connectivity index (χ0v) is 15.5. The Bertz CT molecular complexity index is 888. The molecule has 0 spiro atoms. The highest BCUT2D eigenvalue weighted by molar-refractivity contribution is 7.91. The van der Waals surface area contributed by atoms with E-state index in [1.54, 1.807) is 0 Å². The fraction of sp³-hybridized carbons (Fsp3) is 0.667. The number of fused-ring (bicyclic) bond motifs is 1. The van der Waals surface area contributed by atoms with Gasteiger partial charge in [0.25, 0.3) is 5.56 Å². The Morgan fingerprint density at radius 1 is 1.42 bits per heavy atom. The van der Waals surface area contributed by atoms with Crippen molar-refractivity contribution >= 4 is 31.3 Å². The molecule has 1 aliphatic carbocycles. The first-order valence-electron chi connectivity index (χ1n) is 8.22. The SMILES string of the molecule is CCCc1cc(=O)n2nc(NC3CCCC(S(C)(=O)=O)C3)sc2n1. The smallest absolute Gasteiger partial charge is 0.275 e. The van der Waals surface area contributed by atoms with E-state index in [0.717, 1.165) is 37.8 Å². The molecule has 1 fully saturated rings. The van der Waals surface area contributed by atoms with Gasteiger partial charge in [0, 0.05) is 24.1 Å². The van der Waals surface area contributed by atoms with Gasteiger partial charge >= 0.3 is 0 Å². The third-order valence-electron chi connectivity index (χ3n) is 4.36. The van der Waals surface area contributed by atoms with E-state index in [0.29, 0.717) is 16.5 Å². The molecule has 1 saturated carbocycles. The molecule has 0 bridgehead atoms. The number of anilines is 1. The molecule has 9 heteroatoms. The van der Waals surface area contributed by atoms with Crippen LogP contribution in [0.5, 0.6) is 0 Å². The highest BCUT2D eigenvalue weighted by Crippen LogP contribution is 2.27. The summed E-state index contributed by atoms with van der Waals surface area (Å²) >= 11 is 1.33. The van der Waals surface area contributed by atoms with Crippen LogP contribution in [-0.2, 0) is 16.3 Å². The number of nitrogens with zero attached hydrogens (tertiary/aromatic N) is 3. The van der Waals surface area contributed by atoms with Crippen molar-refractivity contribution in [3.63, 3.8) is 0 Å². The molecule has 2 unspecified atom stereocenters. The summed E-state index contributed by atoms with van der Waals surface area (Å²) in [5.41, 5.74) is 0.609. The van der Waals surface area contributed by atoms with E-state index in [-0.39, 0.29) is 16.9 Å². The Hall–Kier alpha value is -1.48. The summed E-state index contributed by atoms with van der Waals surface area (Å²) in [7, 11) is -3.02. The minimum Gasteiger partial charge on any atom is -0.357 e. The molecule has 0 amide bonds. The first-order chi connectivity index (χ1) is 11.4. The van der Waals surface area contributed by atoms with Gasteiger partial charge in [0.05, 0.1) is 5.25 Å². The average Bonchev–Trinajstić information content (AvgIpc) is 2.90. The molecular formula is C15H22N4O3S2.